The molecule has 2 fully saturated rings. The van der Waals surface area contributed by atoms with Crippen LogP contribution in [0.5, 0.6) is 0 Å². The normalized spacial score (nSPS) is 18.6. The Kier molecular flexibility index (Phi) is 10.7. The molecular formula is C43H45N3O6. The first-order chi connectivity index (χ1) is 25.4. The highest BCUT2D eigenvalue weighted by atomic mass is 16.6. The van der Waals surface area contributed by atoms with Crippen molar-refractivity contribution < 1.29 is 28.7 Å². The van der Waals surface area contributed by atoms with E-state index in [1.54, 1.807) is 16.8 Å². The number of likely N-dealkylation sites (tertiary alicyclic amines) is 2. The molecule has 4 aromatic carbocycles. The summed E-state index contributed by atoms with van der Waals surface area (Å²) in [5, 5.41) is 0. The van der Waals surface area contributed by atoms with E-state index < -0.39 is 30.2 Å². The molecule has 0 bridgehead atoms. The zero-order chi connectivity index (χ0) is 36.0. The Bertz CT molecular complexity index is 1850. The summed E-state index contributed by atoms with van der Waals surface area (Å²) in [7, 11) is 1.64. The minimum Gasteiger partial charge on any atom is -0.459 e. The molecule has 2 heterocycles. The Morgan fingerprint density at radius 3 is 1.92 bits per heavy atom. The van der Waals surface area contributed by atoms with Gasteiger partial charge in [0.2, 0.25) is 11.8 Å². The fourth-order valence-electron chi connectivity index (χ4n) is 7.99. The highest BCUT2D eigenvalue weighted by molar-refractivity contribution is 5.93. The predicted octanol–water partition coefficient (Wildman–Crippen LogP) is 6.59. The number of likely N-dealkylation sites (N-methyl/N-ethyl adjacent to an activating group) is 1. The van der Waals surface area contributed by atoms with Gasteiger partial charge < -0.3 is 19.3 Å². The minimum absolute atomic E-state index is 0.0985. The number of amides is 3. The number of benzene rings is 4. The Morgan fingerprint density at radius 2 is 1.25 bits per heavy atom. The molecule has 9 nitrogen and oxygen atoms in total. The number of nitrogens with zero attached hydrogens (tertiary/aromatic N) is 3. The lowest BCUT2D eigenvalue weighted by molar-refractivity contribution is -0.157. The monoisotopic (exact) mass is 699 g/mol. The van der Waals surface area contributed by atoms with Gasteiger partial charge in [0.1, 0.15) is 31.3 Å². The molecular weight excluding hydrogens is 654 g/mol. The van der Waals surface area contributed by atoms with E-state index in [0.717, 1.165) is 46.2 Å². The third kappa shape index (κ3) is 7.31. The maximum Gasteiger partial charge on any atom is 0.410 e. The maximum atomic E-state index is 14.5. The smallest absolute Gasteiger partial charge is 0.410 e. The summed E-state index contributed by atoms with van der Waals surface area (Å²) >= 11 is 0. The van der Waals surface area contributed by atoms with Gasteiger partial charge in [-0.3, -0.25) is 14.5 Å². The third-order valence-electron chi connectivity index (χ3n) is 10.8. The molecule has 0 radical (unpaired) electrons. The number of rotatable bonds is 10. The Balaban J connectivity index is 1.07. The Labute approximate surface area is 305 Å². The lowest BCUT2D eigenvalue weighted by Gasteiger charge is -2.39. The van der Waals surface area contributed by atoms with Crippen molar-refractivity contribution in [2.45, 2.75) is 69.2 Å². The van der Waals surface area contributed by atoms with Crippen molar-refractivity contribution >= 4 is 23.9 Å². The van der Waals surface area contributed by atoms with Crippen LogP contribution < -0.4 is 0 Å². The first kappa shape index (κ1) is 35.0. The van der Waals surface area contributed by atoms with Crippen molar-refractivity contribution in [2.24, 2.45) is 0 Å². The van der Waals surface area contributed by atoms with Crippen LogP contribution in [0.1, 0.15) is 60.3 Å². The predicted molar refractivity (Wildman–Crippen MR) is 197 cm³/mol. The van der Waals surface area contributed by atoms with Gasteiger partial charge in [0.05, 0.1) is 0 Å². The Hall–Kier alpha value is -5.44. The number of piperidine rings is 1. The lowest BCUT2D eigenvalue weighted by atomic mass is 9.98. The molecule has 0 N–H and O–H groups in total. The first-order valence-electron chi connectivity index (χ1n) is 18.3. The van der Waals surface area contributed by atoms with Crippen molar-refractivity contribution in [1.29, 1.82) is 0 Å². The van der Waals surface area contributed by atoms with Gasteiger partial charge in [0, 0.05) is 32.5 Å². The third-order valence-corrected chi connectivity index (χ3v) is 10.8. The van der Waals surface area contributed by atoms with Crippen molar-refractivity contribution in [3.05, 3.63) is 131 Å². The molecule has 9 heteroatoms. The van der Waals surface area contributed by atoms with Gasteiger partial charge in [-0.05, 0) is 65.5 Å². The van der Waals surface area contributed by atoms with Crippen LogP contribution in [-0.4, -0.2) is 83.4 Å². The number of hydrogen-bond acceptors (Lipinski definition) is 6. The summed E-state index contributed by atoms with van der Waals surface area (Å²) in [5.41, 5.74) is 6.28. The van der Waals surface area contributed by atoms with Crippen molar-refractivity contribution in [3.8, 4) is 11.1 Å². The molecule has 0 unspecified atom stereocenters. The fourth-order valence-corrected chi connectivity index (χ4v) is 7.99. The number of ether oxygens (including phenoxy) is 2. The molecule has 2 saturated heterocycles. The first-order valence-corrected chi connectivity index (χ1v) is 18.3. The van der Waals surface area contributed by atoms with E-state index in [4.69, 9.17) is 9.47 Å². The highest BCUT2D eigenvalue weighted by Crippen LogP contribution is 2.44. The van der Waals surface area contributed by atoms with Crippen molar-refractivity contribution in [3.63, 3.8) is 0 Å². The molecule has 4 aromatic rings. The van der Waals surface area contributed by atoms with E-state index in [1.165, 1.54) is 4.90 Å². The van der Waals surface area contributed by atoms with E-state index in [1.807, 2.05) is 84.9 Å². The van der Waals surface area contributed by atoms with E-state index in [0.29, 0.717) is 32.4 Å². The number of esters is 1. The van der Waals surface area contributed by atoms with Crippen LogP contribution in [0.4, 0.5) is 4.79 Å². The second-order valence-corrected chi connectivity index (χ2v) is 13.9. The topological polar surface area (TPSA) is 96.5 Å². The maximum absolute atomic E-state index is 14.5. The lowest BCUT2D eigenvalue weighted by Crippen LogP contribution is -2.58. The number of hydrogen-bond donors (Lipinski definition) is 0. The Morgan fingerprint density at radius 1 is 0.673 bits per heavy atom. The van der Waals surface area contributed by atoms with E-state index in [-0.39, 0.29) is 37.4 Å². The zero-order valence-corrected chi connectivity index (χ0v) is 29.6. The van der Waals surface area contributed by atoms with Crippen LogP contribution in [0.15, 0.2) is 109 Å². The van der Waals surface area contributed by atoms with E-state index in [2.05, 4.69) is 24.3 Å². The standard InChI is InChI=1S/C43H45N3O6/c1-44(39(27-30-15-4-2-5-16-30)41(48)45-26-14-24-38(45)42(49)51-28-31-17-6-3-7-18-31)40(47)37-23-12-13-25-46(37)43(50)52-29-36-34-21-10-8-19-32(34)33-20-9-11-22-35(33)36/h2-11,15-22,36-39H,12-14,23-29H2,1H3/t37-,38-,39+/m0/s1. The van der Waals surface area contributed by atoms with Crippen LogP contribution in [-0.2, 0) is 36.9 Å². The molecule has 2 aliphatic heterocycles. The molecule has 0 saturated carbocycles. The van der Waals surface area contributed by atoms with Crippen LogP contribution in [0.25, 0.3) is 11.1 Å². The average molecular weight is 700 g/mol. The van der Waals surface area contributed by atoms with E-state index >= 15 is 0 Å². The fraction of sp³-hybridized carbons (Fsp3) is 0.349. The SMILES string of the molecule is CN(C(=O)[C@@H]1CCCCN1C(=O)OCC1c2ccccc2-c2ccccc21)[C@H](Cc1ccccc1)C(=O)N1CCC[C@H]1C(=O)OCc1ccccc1. The van der Waals surface area contributed by atoms with Gasteiger partial charge in [-0.2, -0.15) is 0 Å². The van der Waals surface area contributed by atoms with Gasteiger partial charge in [0.25, 0.3) is 0 Å². The van der Waals surface area contributed by atoms with Crippen LogP contribution in [0.2, 0.25) is 0 Å². The quantitative estimate of drug-likeness (QED) is 0.173. The molecule has 3 aliphatic rings. The van der Waals surface area contributed by atoms with Crippen LogP contribution >= 0.6 is 0 Å². The summed E-state index contributed by atoms with van der Waals surface area (Å²) in [6.07, 6.45) is 2.89. The van der Waals surface area contributed by atoms with Crippen molar-refractivity contribution in [1.82, 2.24) is 14.7 Å². The second-order valence-electron chi connectivity index (χ2n) is 13.9. The van der Waals surface area contributed by atoms with Gasteiger partial charge in [-0.25, -0.2) is 9.59 Å². The summed E-state index contributed by atoms with van der Waals surface area (Å²) in [5.74, 6) is -1.17. The zero-order valence-electron chi connectivity index (χ0n) is 29.6. The molecule has 3 amide bonds. The summed E-state index contributed by atoms with van der Waals surface area (Å²) in [6, 6.07) is 33.0. The largest absolute Gasteiger partial charge is 0.459 e. The number of carbonyl (C=O) groups is 4. The summed E-state index contributed by atoms with van der Waals surface area (Å²) in [4.78, 5) is 60.6. The van der Waals surface area contributed by atoms with Gasteiger partial charge in [-0.1, -0.05) is 109 Å². The molecule has 0 spiro atoms. The molecule has 52 heavy (non-hydrogen) atoms. The summed E-state index contributed by atoms with van der Waals surface area (Å²) in [6.45, 7) is 1.07. The van der Waals surface area contributed by atoms with Crippen molar-refractivity contribution in [2.75, 3.05) is 26.7 Å². The second kappa shape index (κ2) is 15.8. The molecule has 0 aromatic heterocycles. The van der Waals surface area contributed by atoms with E-state index in [9.17, 15) is 19.2 Å². The van der Waals surface area contributed by atoms with Crippen LogP contribution in [0, 0.1) is 0 Å². The van der Waals surface area contributed by atoms with Gasteiger partial charge in [-0.15, -0.1) is 0 Å². The summed E-state index contributed by atoms with van der Waals surface area (Å²) < 4.78 is 11.7. The number of fused-ring (bicyclic) bond motifs is 3. The minimum atomic E-state index is -0.885. The molecule has 7 rings (SSSR count). The molecule has 1 aliphatic carbocycles. The van der Waals surface area contributed by atoms with Gasteiger partial charge in [0.15, 0.2) is 0 Å². The van der Waals surface area contributed by atoms with Crippen LogP contribution in [0.3, 0.4) is 0 Å². The number of carbonyl (C=O) groups excluding carboxylic acids is 4. The highest BCUT2D eigenvalue weighted by Gasteiger charge is 2.43. The molecule has 268 valence electrons. The molecule has 3 atom stereocenters. The van der Waals surface area contributed by atoms with Gasteiger partial charge >= 0.3 is 12.1 Å². The average Bonchev–Trinajstić information content (AvgIpc) is 3.82.